The molecule has 0 saturated heterocycles. The first-order valence-electron chi connectivity index (χ1n) is 6.94. The van der Waals surface area contributed by atoms with Gasteiger partial charge < -0.3 is 5.32 Å². The number of hydrogen-bond acceptors (Lipinski definition) is 6. The topological polar surface area (TPSA) is 89.8 Å². The van der Waals surface area contributed by atoms with Crippen LogP contribution in [0.25, 0.3) is 0 Å². The molecule has 2 aromatic rings. The maximum atomic E-state index is 12.3. The lowest BCUT2D eigenvalue weighted by Gasteiger charge is -2.09. The van der Waals surface area contributed by atoms with E-state index in [9.17, 15) is 8.42 Å². The van der Waals surface area contributed by atoms with Gasteiger partial charge in [0.05, 0.1) is 17.1 Å². The molecular formula is C13H19Cl2N5O2S. The molecule has 2 rings (SSSR count). The van der Waals surface area contributed by atoms with Crippen LogP contribution in [0.3, 0.4) is 0 Å². The molecule has 0 fully saturated rings. The first-order chi connectivity index (χ1) is 10.7. The fourth-order valence-electron chi connectivity index (χ4n) is 1.55. The van der Waals surface area contributed by atoms with Gasteiger partial charge >= 0.3 is 0 Å². The molecule has 0 spiro atoms. The molecule has 1 N–H and O–H groups in total. The van der Waals surface area contributed by atoms with Crippen molar-refractivity contribution in [3.8, 4) is 0 Å². The zero-order chi connectivity index (χ0) is 17.8. The minimum absolute atomic E-state index is 0.000873. The van der Waals surface area contributed by atoms with E-state index in [1.807, 2.05) is 13.8 Å². The fourth-order valence-corrected chi connectivity index (χ4v) is 2.92. The summed E-state index contributed by atoms with van der Waals surface area (Å²) in [6.45, 7) is 7.17. The number of halogens is 2. The van der Waals surface area contributed by atoms with Crippen molar-refractivity contribution in [2.24, 2.45) is 7.05 Å². The molecule has 0 bridgehead atoms. The Morgan fingerprint density at radius 3 is 2.43 bits per heavy atom. The molecule has 23 heavy (non-hydrogen) atoms. The average Bonchev–Trinajstić information content (AvgIpc) is 2.86. The number of rotatable bonds is 4. The summed E-state index contributed by atoms with van der Waals surface area (Å²) in [7, 11) is -1.92. The van der Waals surface area contributed by atoms with Crippen molar-refractivity contribution >= 4 is 44.5 Å². The Morgan fingerprint density at radius 2 is 1.87 bits per heavy atom. The molecule has 0 radical (unpaired) electrons. The lowest BCUT2D eigenvalue weighted by molar-refractivity contribution is 0.579. The first-order valence-corrected chi connectivity index (χ1v) is 9.24. The summed E-state index contributed by atoms with van der Waals surface area (Å²) in [6, 6.07) is 0. The van der Waals surface area contributed by atoms with Crippen LogP contribution in [0.5, 0.6) is 0 Å². The Balaban J connectivity index is 0.00000127. The van der Waals surface area contributed by atoms with Crippen LogP contribution >= 0.6 is 23.2 Å². The van der Waals surface area contributed by atoms with Gasteiger partial charge in [0.15, 0.2) is 5.82 Å². The molecule has 128 valence electrons. The Hall–Kier alpha value is -1.38. The number of aryl methyl sites for hydroxylation is 1. The van der Waals surface area contributed by atoms with E-state index in [0.29, 0.717) is 0 Å². The minimum Gasteiger partial charge on any atom is -0.335 e. The van der Waals surface area contributed by atoms with Crippen molar-refractivity contribution < 1.29 is 8.42 Å². The molecule has 0 aliphatic rings. The summed E-state index contributed by atoms with van der Waals surface area (Å²) in [5.41, 5.74) is 0.280. The number of sulfone groups is 1. The van der Waals surface area contributed by atoms with Crippen LogP contribution in [0.4, 0.5) is 11.5 Å². The molecular weight excluding hydrogens is 361 g/mol. The van der Waals surface area contributed by atoms with Crippen LogP contribution in [-0.2, 0) is 16.9 Å². The van der Waals surface area contributed by atoms with Gasteiger partial charge in [-0.25, -0.2) is 13.4 Å². The largest absolute Gasteiger partial charge is 0.335 e. The van der Waals surface area contributed by atoms with E-state index in [2.05, 4.69) is 20.4 Å². The summed E-state index contributed by atoms with van der Waals surface area (Å²) >= 11 is 11.7. The summed E-state index contributed by atoms with van der Waals surface area (Å²) < 4.78 is 26.0. The summed E-state index contributed by atoms with van der Waals surface area (Å²) in [5, 5.41) is 6.39. The molecule has 0 aliphatic heterocycles. The highest BCUT2D eigenvalue weighted by atomic mass is 35.5. The Labute approximate surface area is 146 Å². The molecule has 0 amide bonds. The van der Waals surface area contributed by atoms with Gasteiger partial charge in [0.1, 0.15) is 5.02 Å². The van der Waals surface area contributed by atoms with Crippen LogP contribution in [0.1, 0.15) is 27.7 Å². The van der Waals surface area contributed by atoms with Crippen molar-refractivity contribution in [1.82, 2.24) is 19.7 Å². The highest BCUT2D eigenvalue weighted by Gasteiger charge is 2.27. The van der Waals surface area contributed by atoms with Gasteiger partial charge in [-0.05, 0) is 25.4 Å². The van der Waals surface area contributed by atoms with Gasteiger partial charge in [-0.15, -0.1) is 0 Å². The lowest BCUT2D eigenvalue weighted by Crippen LogP contribution is -2.16. The second-order valence-electron chi connectivity index (χ2n) is 4.58. The molecule has 0 aliphatic carbocycles. The van der Waals surface area contributed by atoms with Crippen LogP contribution in [0, 0.1) is 0 Å². The van der Waals surface area contributed by atoms with Gasteiger partial charge in [0.25, 0.3) is 0 Å². The van der Waals surface area contributed by atoms with Crippen molar-refractivity contribution in [1.29, 1.82) is 0 Å². The van der Waals surface area contributed by atoms with Crippen molar-refractivity contribution in [2.75, 3.05) is 5.32 Å². The minimum atomic E-state index is -3.54. The highest BCUT2D eigenvalue weighted by molar-refractivity contribution is 7.92. The molecule has 7 nitrogen and oxygen atoms in total. The number of anilines is 2. The highest BCUT2D eigenvalue weighted by Crippen LogP contribution is 2.29. The monoisotopic (exact) mass is 379 g/mol. The number of aromatic nitrogens is 4. The molecule has 0 saturated carbocycles. The maximum absolute atomic E-state index is 12.3. The third-order valence-corrected chi connectivity index (χ3v) is 5.19. The van der Waals surface area contributed by atoms with Crippen LogP contribution in [0.2, 0.25) is 10.3 Å². The molecule has 0 aromatic carbocycles. The third kappa shape index (κ3) is 4.55. The standard InChI is InChI=1S/C11H13Cl2N5O2S.C2H6/c1-6(2)21(19,20)10-8(5-18(3)17-10)15-9-7(12)4-14-11(13)16-9;1-2/h4-6H,1-3H3,(H,14,15,16);1-2H3. The second kappa shape index (κ2) is 7.94. The molecule has 2 aromatic heterocycles. The SMILES string of the molecule is CC.CC(C)S(=O)(=O)c1nn(C)cc1Nc1nc(Cl)ncc1Cl. The number of nitrogens with zero attached hydrogens (tertiary/aromatic N) is 4. The summed E-state index contributed by atoms with van der Waals surface area (Å²) in [6.07, 6.45) is 2.85. The van der Waals surface area contributed by atoms with Crippen LogP contribution in [-0.4, -0.2) is 33.4 Å². The van der Waals surface area contributed by atoms with Crippen LogP contribution in [0.15, 0.2) is 17.4 Å². The van der Waals surface area contributed by atoms with E-state index in [1.54, 1.807) is 20.9 Å². The second-order valence-corrected chi connectivity index (χ2v) is 7.74. The zero-order valence-electron chi connectivity index (χ0n) is 13.5. The smallest absolute Gasteiger partial charge is 0.224 e. The molecule has 0 unspecified atom stereocenters. The van der Waals surface area contributed by atoms with E-state index < -0.39 is 15.1 Å². The third-order valence-electron chi connectivity index (χ3n) is 2.65. The van der Waals surface area contributed by atoms with Gasteiger partial charge in [-0.3, -0.25) is 4.68 Å². The van der Waals surface area contributed by atoms with Crippen LogP contribution < -0.4 is 5.32 Å². The van der Waals surface area contributed by atoms with E-state index in [4.69, 9.17) is 23.2 Å². The first kappa shape index (κ1) is 19.7. The normalized spacial score (nSPS) is 11.1. The van der Waals surface area contributed by atoms with E-state index in [-0.39, 0.29) is 26.8 Å². The summed E-state index contributed by atoms with van der Waals surface area (Å²) in [4.78, 5) is 7.65. The van der Waals surface area contributed by atoms with Crippen molar-refractivity contribution in [3.05, 3.63) is 22.7 Å². The van der Waals surface area contributed by atoms with Crippen molar-refractivity contribution in [3.63, 3.8) is 0 Å². The van der Waals surface area contributed by atoms with E-state index in [0.717, 1.165) is 0 Å². The quantitative estimate of drug-likeness (QED) is 0.817. The lowest BCUT2D eigenvalue weighted by atomic mass is 10.5. The molecule has 0 atom stereocenters. The van der Waals surface area contributed by atoms with Gasteiger partial charge in [0, 0.05) is 13.2 Å². The average molecular weight is 380 g/mol. The van der Waals surface area contributed by atoms with Gasteiger partial charge in [0.2, 0.25) is 20.1 Å². The summed E-state index contributed by atoms with van der Waals surface area (Å²) in [5.74, 6) is 0.213. The maximum Gasteiger partial charge on any atom is 0.224 e. The predicted octanol–water partition coefficient (Wildman–Crippen LogP) is 3.47. The Bertz CT molecular complexity index is 775. The van der Waals surface area contributed by atoms with Gasteiger partial charge in [-0.2, -0.15) is 10.1 Å². The van der Waals surface area contributed by atoms with Gasteiger partial charge in [-0.1, -0.05) is 25.4 Å². The number of nitrogens with one attached hydrogen (secondary N) is 1. The Kier molecular flexibility index (Phi) is 6.79. The zero-order valence-corrected chi connectivity index (χ0v) is 15.8. The van der Waals surface area contributed by atoms with E-state index >= 15 is 0 Å². The van der Waals surface area contributed by atoms with Crippen molar-refractivity contribution in [2.45, 2.75) is 38.0 Å². The molecule has 2 heterocycles. The number of hydrogen-bond donors (Lipinski definition) is 1. The Morgan fingerprint density at radius 1 is 1.26 bits per heavy atom. The van der Waals surface area contributed by atoms with E-state index in [1.165, 1.54) is 17.1 Å². The fraction of sp³-hybridized carbons (Fsp3) is 0.462. The predicted molar refractivity (Wildman–Crippen MR) is 92.2 cm³/mol. The molecule has 10 heteroatoms.